The summed E-state index contributed by atoms with van der Waals surface area (Å²) in [6.45, 7) is 10.5. The number of fused-ring (bicyclic) bond motifs is 3. The standard InChI is InChI=1S/C20H30O4/c1-10-11-5-6-12-19(4)13(18(2,3)8-7-14(19)21)9-15(22)20(12,16(10)23)17(11)24/h11-15,17,21-22,24H,1,5-9H2,2-4H3/t11?,12-,13+,14?,15?,17?,19-,20-/m0/s1. The number of aliphatic hydroxyl groups is 3. The Hall–Kier alpha value is -0.710. The first-order valence-electron chi connectivity index (χ1n) is 9.37. The van der Waals surface area contributed by atoms with Crippen LogP contribution in [0.3, 0.4) is 0 Å². The number of Topliss-reactive ketones (excluding diaryl/α,β-unsaturated/α-hetero) is 1. The summed E-state index contributed by atoms with van der Waals surface area (Å²) >= 11 is 0. The van der Waals surface area contributed by atoms with E-state index in [-0.39, 0.29) is 29.0 Å². The molecule has 3 N–H and O–H groups in total. The second-order valence-electron chi connectivity index (χ2n) is 9.68. The van der Waals surface area contributed by atoms with Crippen molar-refractivity contribution in [1.82, 2.24) is 0 Å². The second-order valence-corrected chi connectivity index (χ2v) is 9.68. The summed E-state index contributed by atoms with van der Waals surface area (Å²) in [5.74, 6) is -0.418. The summed E-state index contributed by atoms with van der Waals surface area (Å²) < 4.78 is 0. The zero-order valence-corrected chi connectivity index (χ0v) is 15.0. The maximum absolute atomic E-state index is 13.1. The summed E-state index contributed by atoms with van der Waals surface area (Å²) in [4.78, 5) is 13.1. The molecule has 0 aromatic heterocycles. The molecule has 4 aliphatic carbocycles. The van der Waals surface area contributed by atoms with Gasteiger partial charge in [-0.05, 0) is 54.9 Å². The average molecular weight is 334 g/mol. The lowest BCUT2D eigenvalue weighted by Crippen LogP contribution is -2.69. The lowest BCUT2D eigenvalue weighted by molar-refractivity contribution is -0.251. The molecular formula is C20H30O4. The van der Waals surface area contributed by atoms with Crippen molar-refractivity contribution >= 4 is 5.78 Å². The predicted molar refractivity (Wildman–Crippen MR) is 90.0 cm³/mol. The van der Waals surface area contributed by atoms with Gasteiger partial charge in [0.15, 0.2) is 5.78 Å². The number of hydrogen-bond acceptors (Lipinski definition) is 4. The number of rotatable bonds is 0. The van der Waals surface area contributed by atoms with Crippen molar-refractivity contribution in [3.05, 3.63) is 12.2 Å². The highest BCUT2D eigenvalue weighted by Gasteiger charge is 2.75. The van der Waals surface area contributed by atoms with Crippen LogP contribution in [0.1, 0.15) is 52.9 Å². The first kappa shape index (κ1) is 16.7. The molecule has 4 saturated carbocycles. The van der Waals surface area contributed by atoms with Crippen LogP contribution < -0.4 is 0 Å². The molecular weight excluding hydrogens is 304 g/mol. The molecule has 0 saturated heterocycles. The van der Waals surface area contributed by atoms with Crippen molar-refractivity contribution in [2.45, 2.75) is 71.2 Å². The molecule has 4 heteroatoms. The third-order valence-electron chi connectivity index (χ3n) is 8.58. The quantitative estimate of drug-likeness (QED) is 0.593. The van der Waals surface area contributed by atoms with Crippen molar-refractivity contribution in [3.63, 3.8) is 0 Å². The van der Waals surface area contributed by atoms with Crippen LogP contribution in [-0.2, 0) is 4.79 Å². The molecule has 24 heavy (non-hydrogen) atoms. The lowest BCUT2D eigenvalue weighted by Gasteiger charge is -2.66. The molecule has 0 aromatic carbocycles. The Morgan fingerprint density at radius 1 is 1.00 bits per heavy atom. The van der Waals surface area contributed by atoms with Crippen LogP contribution in [0.15, 0.2) is 12.2 Å². The van der Waals surface area contributed by atoms with E-state index in [2.05, 4.69) is 27.4 Å². The highest BCUT2D eigenvalue weighted by atomic mass is 16.3. The maximum atomic E-state index is 13.1. The molecule has 0 aromatic rings. The van der Waals surface area contributed by atoms with Crippen molar-refractivity contribution < 1.29 is 20.1 Å². The van der Waals surface area contributed by atoms with Crippen LogP contribution in [0.2, 0.25) is 0 Å². The van der Waals surface area contributed by atoms with Gasteiger partial charge in [0.2, 0.25) is 0 Å². The summed E-state index contributed by atoms with van der Waals surface area (Å²) in [6.07, 6.45) is 1.40. The van der Waals surface area contributed by atoms with E-state index in [1.54, 1.807) is 0 Å². The lowest BCUT2D eigenvalue weighted by atomic mass is 9.39. The summed E-state index contributed by atoms with van der Waals surface area (Å²) in [6, 6.07) is 0. The van der Waals surface area contributed by atoms with Crippen LogP contribution in [0.4, 0.5) is 0 Å². The van der Waals surface area contributed by atoms with Crippen LogP contribution >= 0.6 is 0 Å². The Bertz CT molecular complexity index is 611. The van der Waals surface area contributed by atoms with Gasteiger partial charge in [-0.2, -0.15) is 0 Å². The number of hydrogen-bond donors (Lipinski definition) is 3. The number of carbonyl (C=O) groups excluding carboxylic acids is 1. The highest BCUT2D eigenvalue weighted by Crippen LogP contribution is 2.70. The molecule has 4 unspecified atom stereocenters. The van der Waals surface area contributed by atoms with Crippen LogP contribution in [0.5, 0.6) is 0 Å². The molecule has 1 spiro atoms. The van der Waals surface area contributed by atoms with E-state index in [0.717, 1.165) is 25.7 Å². The third kappa shape index (κ3) is 1.59. The Labute approximate surface area is 144 Å². The SMILES string of the molecule is C=C1C(=O)[C@@]23C(O)C[C@@H]4C(C)(C)CCC(O)[C@@]4(C)[C@@H]2CCC1C3O. The third-order valence-corrected chi connectivity index (χ3v) is 8.58. The molecule has 8 atom stereocenters. The molecule has 4 aliphatic rings. The van der Waals surface area contributed by atoms with E-state index < -0.39 is 29.1 Å². The summed E-state index contributed by atoms with van der Waals surface area (Å²) in [5, 5.41) is 33.1. The molecule has 4 fully saturated rings. The van der Waals surface area contributed by atoms with Gasteiger partial charge in [-0.1, -0.05) is 27.4 Å². The topological polar surface area (TPSA) is 77.8 Å². The fourth-order valence-corrected chi connectivity index (χ4v) is 7.33. The minimum atomic E-state index is -1.15. The van der Waals surface area contributed by atoms with Gasteiger partial charge in [-0.3, -0.25) is 4.79 Å². The molecule has 0 amide bonds. The molecule has 0 aliphatic heterocycles. The van der Waals surface area contributed by atoms with Crippen LogP contribution in [-0.4, -0.2) is 39.4 Å². The average Bonchev–Trinajstić information content (AvgIpc) is 2.63. The van der Waals surface area contributed by atoms with Crippen molar-refractivity contribution in [2.24, 2.45) is 34.0 Å². The number of carbonyl (C=O) groups is 1. The zero-order valence-electron chi connectivity index (χ0n) is 15.0. The highest BCUT2D eigenvalue weighted by molar-refractivity contribution is 6.04. The second kappa shape index (κ2) is 4.72. The Balaban J connectivity index is 1.91. The van der Waals surface area contributed by atoms with Crippen molar-refractivity contribution in [3.8, 4) is 0 Å². The smallest absolute Gasteiger partial charge is 0.170 e. The molecule has 2 bridgehead atoms. The minimum absolute atomic E-state index is 0.0109. The number of ketones is 1. The van der Waals surface area contributed by atoms with E-state index in [0.29, 0.717) is 12.0 Å². The summed E-state index contributed by atoms with van der Waals surface area (Å²) in [5.41, 5.74) is -1.11. The van der Waals surface area contributed by atoms with Crippen LogP contribution in [0.25, 0.3) is 0 Å². The van der Waals surface area contributed by atoms with Gasteiger partial charge in [0.1, 0.15) is 0 Å². The van der Waals surface area contributed by atoms with E-state index in [1.807, 2.05) is 0 Å². The zero-order chi connectivity index (χ0) is 17.7. The fraction of sp³-hybridized carbons (Fsp3) is 0.850. The van der Waals surface area contributed by atoms with E-state index >= 15 is 0 Å². The van der Waals surface area contributed by atoms with Crippen molar-refractivity contribution in [2.75, 3.05) is 0 Å². The summed E-state index contributed by atoms with van der Waals surface area (Å²) in [7, 11) is 0. The molecule has 0 radical (unpaired) electrons. The minimum Gasteiger partial charge on any atom is -0.393 e. The first-order valence-corrected chi connectivity index (χ1v) is 9.37. The monoisotopic (exact) mass is 334 g/mol. The van der Waals surface area contributed by atoms with Gasteiger partial charge in [0.25, 0.3) is 0 Å². The van der Waals surface area contributed by atoms with E-state index in [4.69, 9.17) is 0 Å². The van der Waals surface area contributed by atoms with E-state index in [9.17, 15) is 20.1 Å². The molecule has 134 valence electrons. The van der Waals surface area contributed by atoms with Gasteiger partial charge >= 0.3 is 0 Å². The fourth-order valence-electron chi connectivity index (χ4n) is 7.33. The van der Waals surface area contributed by atoms with Gasteiger partial charge in [-0.15, -0.1) is 0 Å². The van der Waals surface area contributed by atoms with Crippen LogP contribution in [0, 0.1) is 34.0 Å². The van der Waals surface area contributed by atoms with Gasteiger partial charge < -0.3 is 15.3 Å². The van der Waals surface area contributed by atoms with E-state index in [1.165, 1.54) is 0 Å². The Kier molecular flexibility index (Phi) is 3.29. The largest absolute Gasteiger partial charge is 0.393 e. The van der Waals surface area contributed by atoms with Gasteiger partial charge in [-0.25, -0.2) is 0 Å². The molecule has 4 rings (SSSR count). The maximum Gasteiger partial charge on any atom is 0.170 e. The number of aliphatic hydroxyl groups excluding tert-OH is 3. The molecule has 4 nitrogen and oxygen atoms in total. The van der Waals surface area contributed by atoms with Crippen molar-refractivity contribution in [1.29, 1.82) is 0 Å². The molecule has 0 heterocycles. The predicted octanol–water partition coefficient (Wildman–Crippen LogP) is 2.07. The van der Waals surface area contributed by atoms with Gasteiger partial charge in [0.05, 0.1) is 23.7 Å². The first-order chi connectivity index (χ1) is 11.1. The Morgan fingerprint density at radius 2 is 1.67 bits per heavy atom. The van der Waals surface area contributed by atoms with Gasteiger partial charge in [0, 0.05) is 11.3 Å². The Morgan fingerprint density at radius 3 is 2.33 bits per heavy atom. The normalized spacial score (nSPS) is 55.9.